The van der Waals surface area contributed by atoms with Crippen molar-refractivity contribution in [2.45, 2.75) is 6.92 Å². The van der Waals surface area contributed by atoms with Crippen LogP contribution in [0.4, 0.5) is 28.1 Å². The van der Waals surface area contributed by atoms with Gasteiger partial charge in [-0.15, -0.1) is 0 Å². The molecule has 0 radical (unpaired) electrons. The highest BCUT2D eigenvalue weighted by molar-refractivity contribution is 7.22. The van der Waals surface area contributed by atoms with E-state index in [2.05, 4.69) is 37.3 Å². The SMILES string of the molecule is Cc1ccc2nc(Nc3ncnc(N4CCN(c5ccccc5)CC4)c3[N+](=O)[O-])sc2c1. The molecule has 1 aliphatic heterocycles. The number of nitrogens with one attached hydrogen (secondary N) is 1. The van der Waals surface area contributed by atoms with Crippen LogP contribution < -0.4 is 15.1 Å². The van der Waals surface area contributed by atoms with Crippen molar-refractivity contribution in [3.63, 3.8) is 0 Å². The van der Waals surface area contributed by atoms with Gasteiger partial charge in [-0.05, 0) is 36.8 Å². The molecule has 1 saturated heterocycles. The quantitative estimate of drug-likeness (QED) is 0.355. The number of nitrogens with zero attached hydrogens (tertiary/aromatic N) is 6. The molecular weight excluding hydrogens is 426 g/mol. The minimum Gasteiger partial charge on any atom is -0.368 e. The molecule has 4 aromatic rings. The van der Waals surface area contributed by atoms with Crippen LogP contribution in [-0.2, 0) is 0 Å². The molecule has 1 fully saturated rings. The monoisotopic (exact) mass is 447 g/mol. The van der Waals surface area contributed by atoms with Crippen molar-refractivity contribution in [2.24, 2.45) is 0 Å². The Morgan fingerprint density at radius 2 is 1.78 bits per heavy atom. The lowest BCUT2D eigenvalue weighted by Gasteiger charge is -2.36. The maximum atomic E-state index is 12.0. The number of fused-ring (bicyclic) bond motifs is 1. The Labute approximate surface area is 188 Å². The molecule has 0 amide bonds. The summed E-state index contributed by atoms with van der Waals surface area (Å²) >= 11 is 1.44. The summed E-state index contributed by atoms with van der Waals surface area (Å²) in [4.78, 5) is 28.8. The Morgan fingerprint density at radius 3 is 2.53 bits per heavy atom. The predicted octanol–water partition coefficient (Wildman–Crippen LogP) is 4.37. The van der Waals surface area contributed by atoms with Gasteiger partial charge < -0.3 is 15.1 Å². The van der Waals surface area contributed by atoms with Gasteiger partial charge in [0, 0.05) is 31.9 Å². The second-order valence-electron chi connectivity index (χ2n) is 7.58. The zero-order chi connectivity index (χ0) is 22.1. The molecule has 162 valence electrons. The lowest BCUT2D eigenvalue weighted by atomic mass is 10.2. The van der Waals surface area contributed by atoms with Gasteiger partial charge in [0.1, 0.15) is 6.33 Å². The maximum Gasteiger partial charge on any atom is 0.353 e. The molecule has 0 unspecified atom stereocenters. The fraction of sp³-hybridized carbons (Fsp3) is 0.227. The van der Waals surface area contributed by atoms with E-state index in [4.69, 9.17) is 0 Å². The Bertz CT molecular complexity index is 1270. The highest BCUT2D eigenvalue weighted by Gasteiger charge is 2.29. The molecule has 2 aromatic carbocycles. The zero-order valence-electron chi connectivity index (χ0n) is 17.4. The molecule has 0 saturated carbocycles. The Hall–Kier alpha value is -3.79. The zero-order valence-corrected chi connectivity index (χ0v) is 18.2. The number of thiazole rings is 1. The van der Waals surface area contributed by atoms with Gasteiger partial charge in [0.05, 0.1) is 15.1 Å². The number of nitro groups is 1. The fourth-order valence-corrected chi connectivity index (χ4v) is 4.83. The van der Waals surface area contributed by atoms with Crippen molar-refractivity contribution in [3.05, 3.63) is 70.5 Å². The van der Waals surface area contributed by atoms with Crippen LogP contribution >= 0.6 is 11.3 Å². The van der Waals surface area contributed by atoms with Crippen LogP contribution in [-0.4, -0.2) is 46.1 Å². The lowest BCUT2D eigenvalue weighted by molar-refractivity contribution is -0.383. The van der Waals surface area contributed by atoms with Gasteiger partial charge in [-0.2, -0.15) is 0 Å². The minimum atomic E-state index is -0.418. The molecule has 3 heterocycles. The Balaban J connectivity index is 1.40. The number of benzene rings is 2. The summed E-state index contributed by atoms with van der Waals surface area (Å²) in [6, 6.07) is 16.1. The number of para-hydroxylation sites is 1. The Kier molecular flexibility index (Phi) is 5.28. The molecule has 9 nitrogen and oxygen atoms in total. The summed E-state index contributed by atoms with van der Waals surface area (Å²) in [5, 5.41) is 15.6. The van der Waals surface area contributed by atoms with Crippen molar-refractivity contribution in [1.82, 2.24) is 15.0 Å². The van der Waals surface area contributed by atoms with Gasteiger partial charge >= 0.3 is 5.69 Å². The highest BCUT2D eigenvalue weighted by atomic mass is 32.1. The number of anilines is 4. The summed E-state index contributed by atoms with van der Waals surface area (Å²) in [5.74, 6) is 0.485. The van der Waals surface area contributed by atoms with Crippen LogP contribution in [0.3, 0.4) is 0 Å². The molecule has 2 aromatic heterocycles. The molecular formula is C22H21N7O2S. The van der Waals surface area contributed by atoms with Crippen molar-refractivity contribution in [3.8, 4) is 0 Å². The van der Waals surface area contributed by atoms with Crippen molar-refractivity contribution >= 4 is 49.7 Å². The van der Waals surface area contributed by atoms with Gasteiger partial charge in [-0.3, -0.25) is 10.1 Å². The van der Waals surface area contributed by atoms with Crippen molar-refractivity contribution in [1.29, 1.82) is 0 Å². The van der Waals surface area contributed by atoms with E-state index in [1.54, 1.807) is 0 Å². The first-order valence-corrected chi connectivity index (χ1v) is 11.1. The van der Waals surface area contributed by atoms with E-state index in [9.17, 15) is 10.1 Å². The summed E-state index contributed by atoms with van der Waals surface area (Å²) in [6.07, 6.45) is 1.37. The normalized spacial score (nSPS) is 14.0. The van der Waals surface area contributed by atoms with Crippen molar-refractivity contribution in [2.75, 3.05) is 41.3 Å². The predicted molar refractivity (Wildman–Crippen MR) is 127 cm³/mol. The van der Waals surface area contributed by atoms with E-state index in [0.717, 1.165) is 34.6 Å². The number of rotatable bonds is 5. The van der Waals surface area contributed by atoms with E-state index in [-0.39, 0.29) is 11.5 Å². The molecule has 5 rings (SSSR count). The van der Waals surface area contributed by atoms with Gasteiger partial charge in [0.2, 0.25) is 11.6 Å². The van der Waals surface area contributed by atoms with Crippen LogP contribution in [0.2, 0.25) is 0 Å². The first kappa shape index (κ1) is 20.1. The van der Waals surface area contributed by atoms with Crippen LogP contribution in [0.15, 0.2) is 54.9 Å². The maximum absolute atomic E-state index is 12.0. The van der Waals surface area contributed by atoms with Crippen molar-refractivity contribution < 1.29 is 4.92 Å². The van der Waals surface area contributed by atoms with Crippen LogP contribution in [0.25, 0.3) is 10.2 Å². The van der Waals surface area contributed by atoms with Gasteiger partial charge in [0.15, 0.2) is 5.13 Å². The minimum absolute atomic E-state index is 0.129. The van der Waals surface area contributed by atoms with Gasteiger partial charge in [-0.25, -0.2) is 15.0 Å². The largest absolute Gasteiger partial charge is 0.368 e. The molecule has 0 atom stereocenters. The molecule has 1 N–H and O–H groups in total. The molecule has 0 spiro atoms. The summed E-state index contributed by atoms with van der Waals surface area (Å²) in [6.45, 7) is 4.79. The number of aryl methyl sites for hydroxylation is 1. The molecule has 1 aliphatic rings. The second kappa shape index (κ2) is 8.39. The summed E-state index contributed by atoms with van der Waals surface area (Å²) in [5.41, 5.74) is 3.00. The van der Waals surface area contributed by atoms with Crippen LogP contribution in [0, 0.1) is 17.0 Å². The lowest BCUT2D eigenvalue weighted by Crippen LogP contribution is -2.47. The number of piperazine rings is 1. The fourth-order valence-electron chi connectivity index (χ4n) is 3.86. The molecule has 10 heteroatoms. The molecule has 0 bridgehead atoms. The first-order valence-electron chi connectivity index (χ1n) is 10.3. The summed E-state index contributed by atoms with van der Waals surface area (Å²) in [7, 11) is 0. The average molecular weight is 448 g/mol. The standard InChI is InChI=1S/C22H21N7O2S/c1-15-7-8-17-18(13-15)32-22(25-17)26-20-19(29(30)31)21(24-14-23-20)28-11-9-27(10-12-28)16-5-3-2-4-6-16/h2-8,13-14H,9-12H2,1H3,(H,23,24,25,26). The number of hydrogen-bond acceptors (Lipinski definition) is 9. The average Bonchev–Trinajstić information content (AvgIpc) is 3.21. The number of aromatic nitrogens is 3. The third kappa shape index (κ3) is 3.92. The second-order valence-corrected chi connectivity index (χ2v) is 8.61. The van der Waals surface area contributed by atoms with Gasteiger partial charge in [-0.1, -0.05) is 35.6 Å². The van der Waals surface area contributed by atoms with Crippen LogP contribution in [0.5, 0.6) is 0 Å². The topological polar surface area (TPSA) is 100 Å². The van der Waals surface area contributed by atoms with E-state index in [1.807, 2.05) is 48.2 Å². The Morgan fingerprint density at radius 1 is 1.03 bits per heavy atom. The molecule has 0 aliphatic carbocycles. The van der Waals surface area contributed by atoms with E-state index in [0.29, 0.717) is 24.0 Å². The first-order chi connectivity index (χ1) is 15.6. The van der Waals surface area contributed by atoms with E-state index < -0.39 is 4.92 Å². The number of hydrogen-bond donors (Lipinski definition) is 1. The van der Waals surface area contributed by atoms with E-state index >= 15 is 0 Å². The van der Waals surface area contributed by atoms with Gasteiger partial charge in [0.25, 0.3) is 0 Å². The van der Waals surface area contributed by atoms with Crippen LogP contribution in [0.1, 0.15) is 5.56 Å². The van der Waals surface area contributed by atoms with E-state index in [1.165, 1.54) is 17.7 Å². The molecule has 32 heavy (non-hydrogen) atoms. The summed E-state index contributed by atoms with van der Waals surface area (Å²) < 4.78 is 1.02. The third-order valence-corrected chi connectivity index (χ3v) is 6.39. The smallest absolute Gasteiger partial charge is 0.353 e. The third-order valence-electron chi connectivity index (χ3n) is 5.46. The highest BCUT2D eigenvalue weighted by Crippen LogP contribution is 2.36.